The molecule has 2 fully saturated rings. The molecule has 0 amide bonds. The average molecular weight is 297 g/mol. The lowest BCUT2D eigenvalue weighted by molar-refractivity contribution is 0.0521. The Morgan fingerprint density at radius 2 is 2.00 bits per heavy atom. The van der Waals surface area contributed by atoms with Gasteiger partial charge in [0.05, 0.1) is 17.3 Å². The Hall–Kier alpha value is -1.49. The molecule has 3 heterocycles. The molecule has 1 aromatic heterocycles. The quantitative estimate of drug-likeness (QED) is 0.919. The molecule has 1 aromatic carbocycles. The number of piperazine rings is 1. The number of rotatable bonds is 2. The second-order valence-corrected chi connectivity index (χ2v) is 6.77. The lowest BCUT2D eigenvalue weighted by Gasteiger charge is -2.42. The monoisotopic (exact) mass is 297 g/mol. The van der Waals surface area contributed by atoms with E-state index in [-0.39, 0.29) is 6.10 Å². The van der Waals surface area contributed by atoms with E-state index < -0.39 is 0 Å². The van der Waals surface area contributed by atoms with Gasteiger partial charge in [-0.05, 0) is 25.5 Å². The van der Waals surface area contributed by atoms with Crippen LogP contribution in [0.15, 0.2) is 36.4 Å². The molecule has 3 atom stereocenters. The van der Waals surface area contributed by atoms with Crippen LogP contribution in [0.1, 0.15) is 19.0 Å². The van der Waals surface area contributed by atoms with E-state index in [1.807, 2.05) is 6.07 Å². The number of hydrogen-bond acceptors (Lipinski definition) is 4. The Bertz CT molecular complexity index is 674. The third-order valence-corrected chi connectivity index (χ3v) is 5.09. The highest BCUT2D eigenvalue weighted by Crippen LogP contribution is 2.26. The fourth-order valence-electron chi connectivity index (χ4n) is 3.90. The molecule has 0 saturated carbocycles. The smallest absolute Gasteiger partial charge is 0.0705 e. The van der Waals surface area contributed by atoms with E-state index in [9.17, 15) is 5.11 Å². The first-order valence-electron chi connectivity index (χ1n) is 8.20. The van der Waals surface area contributed by atoms with Gasteiger partial charge < -0.3 is 5.11 Å². The van der Waals surface area contributed by atoms with Gasteiger partial charge in [-0.15, -0.1) is 0 Å². The van der Waals surface area contributed by atoms with Gasteiger partial charge in [-0.3, -0.25) is 14.8 Å². The fourth-order valence-corrected chi connectivity index (χ4v) is 3.90. The Balaban J connectivity index is 1.51. The summed E-state index contributed by atoms with van der Waals surface area (Å²) in [6.07, 6.45) is 0.768. The minimum absolute atomic E-state index is 0.143. The van der Waals surface area contributed by atoms with Crippen molar-refractivity contribution < 1.29 is 5.11 Å². The molecule has 116 valence electrons. The molecule has 2 aromatic rings. The van der Waals surface area contributed by atoms with Gasteiger partial charge in [-0.1, -0.05) is 24.3 Å². The number of pyridine rings is 1. The van der Waals surface area contributed by atoms with Crippen LogP contribution in [0.3, 0.4) is 0 Å². The third kappa shape index (κ3) is 2.62. The van der Waals surface area contributed by atoms with E-state index in [1.165, 1.54) is 5.39 Å². The average Bonchev–Trinajstić information content (AvgIpc) is 2.86. The molecule has 0 aliphatic carbocycles. The molecule has 1 unspecified atom stereocenters. The van der Waals surface area contributed by atoms with E-state index in [0.717, 1.165) is 43.8 Å². The predicted molar refractivity (Wildman–Crippen MR) is 87.6 cm³/mol. The van der Waals surface area contributed by atoms with Crippen molar-refractivity contribution in [3.63, 3.8) is 0 Å². The summed E-state index contributed by atoms with van der Waals surface area (Å²) in [4.78, 5) is 9.75. The van der Waals surface area contributed by atoms with Crippen LogP contribution in [0, 0.1) is 0 Å². The molecule has 4 heteroatoms. The molecule has 0 spiro atoms. The van der Waals surface area contributed by atoms with Crippen LogP contribution in [0.2, 0.25) is 0 Å². The van der Waals surface area contributed by atoms with Crippen LogP contribution in [0.5, 0.6) is 0 Å². The zero-order valence-electron chi connectivity index (χ0n) is 13.0. The number of aliphatic hydroxyl groups is 1. The lowest BCUT2D eigenvalue weighted by Crippen LogP contribution is -2.54. The first-order chi connectivity index (χ1) is 10.7. The van der Waals surface area contributed by atoms with E-state index in [4.69, 9.17) is 4.98 Å². The van der Waals surface area contributed by atoms with E-state index in [0.29, 0.717) is 12.1 Å². The van der Waals surface area contributed by atoms with E-state index in [2.05, 4.69) is 47.1 Å². The summed E-state index contributed by atoms with van der Waals surface area (Å²) in [5.41, 5.74) is 2.21. The number of aliphatic hydroxyl groups excluding tert-OH is 1. The summed E-state index contributed by atoms with van der Waals surface area (Å²) in [6.45, 7) is 6.10. The molecule has 22 heavy (non-hydrogen) atoms. The maximum Gasteiger partial charge on any atom is 0.0705 e. The molecular weight excluding hydrogens is 274 g/mol. The minimum atomic E-state index is -0.143. The molecular formula is C18H23N3O. The number of nitrogens with zero attached hydrogens (tertiary/aromatic N) is 3. The van der Waals surface area contributed by atoms with Crippen molar-refractivity contribution in [1.82, 2.24) is 14.8 Å². The summed E-state index contributed by atoms with van der Waals surface area (Å²) in [7, 11) is 0. The minimum Gasteiger partial charge on any atom is -0.392 e. The molecule has 2 aliphatic rings. The van der Waals surface area contributed by atoms with Gasteiger partial charge >= 0.3 is 0 Å². The first kappa shape index (κ1) is 14.1. The van der Waals surface area contributed by atoms with Crippen LogP contribution in [0.25, 0.3) is 10.9 Å². The number of hydrogen-bond donors (Lipinski definition) is 1. The van der Waals surface area contributed by atoms with E-state index >= 15 is 0 Å². The molecule has 4 rings (SSSR count). The van der Waals surface area contributed by atoms with Crippen molar-refractivity contribution in [2.24, 2.45) is 0 Å². The van der Waals surface area contributed by atoms with Crippen LogP contribution < -0.4 is 0 Å². The van der Waals surface area contributed by atoms with E-state index in [1.54, 1.807) is 0 Å². The van der Waals surface area contributed by atoms with Crippen LogP contribution in [0.4, 0.5) is 0 Å². The number of para-hydroxylation sites is 1. The number of aromatic nitrogens is 1. The standard InChI is InChI=1S/C18H23N3O/c1-13-9-21-12-17(22)8-16(21)11-20(13)10-15-7-6-14-4-2-3-5-18(14)19-15/h2-7,13,16-17,22H,8-12H2,1H3/t13-,16?,17-/m1/s1. The zero-order chi connectivity index (χ0) is 15.1. The van der Waals surface area contributed by atoms with Crippen molar-refractivity contribution >= 4 is 10.9 Å². The second kappa shape index (κ2) is 5.61. The fraction of sp³-hybridized carbons (Fsp3) is 0.500. The summed E-state index contributed by atoms with van der Waals surface area (Å²) in [5.74, 6) is 0. The summed E-state index contributed by atoms with van der Waals surface area (Å²) in [6, 6.07) is 13.6. The highest BCUT2D eigenvalue weighted by atomic mass is 16.3. The summed E-state index contributed by atoms with van der Waals surface area (Å²) in [5, 5.41) is 11.1. The topological polar surface area (TPSA) is 39.6 Å². The lowest BCUT2D eigenvalue weighted by atomic mass is 10.1. The summed E-state index contributed by atoms with van der Waals surface area (Å²) < 4.78 is 0. The van der Waals surface area contributed by atoms with Crippen molar-refractivity contribution in [2.45, 2.75) is 38.1 Å². The SMILES string of the molecule is C[C@@H]1CN2C[C@H](O)CC2CN1Cc1ccc2ccccc2n1. The van der Waals surface area contributed by atoms with Crippen molar-refractivity contribution in [3.8, 4) is 0 Å². The van der Waals surface area contributed by atoms with Crippen molar-refractivity contribution in [1.29, 1.82) is 0 Å². The number of fused-ring (bicyclic) bond motifs is 2. The van der Waals surface area contributed by atoms with Crippen molar-refractivity contribution in [2.75, 3.05) is 19.6 Å². The Morgan fingerprint density at radius 1 is 1.14 bits per heavy atom. The van der Waals surface area contributed by atoms with Gasteiger partial charge in [0.2, 0.25) is 0 Å². The third-order valence-electron chi connectivity index (χ3n) is 5.09. The first-order valence-corrected chi connectivity index (χ1v) is 8.20. The Labute approximate surface area is 131 Å². The maximum atomic E-state index is 9.87. The molecule has 4 nitrogen and oxygen atoms in total. The van der Waals surface area contributed by atoms with Crippen LogP contribution in [-0.4, -0.2) is 57.7 Å². The van der Waals surface area contributed by atoms with Gasteiger partial charge in [0.1, 0.15) is 0 Å². The van der Waals surface area contributed by atoms with Crippen molar-refractivity contribution in [3.05, 3.63) is 42.1 Å². The maximum absolute atomic E-state index is 9.87. The van der Waals surface area contributed by atoms with Gasteiger partial charge in [-0.2, -0.15) is 0 Å². The predicted octanol–water partition coefficient (Wildman–Crippen LogP) is 1.87. The van der Waals surface area contributed by atoms with Gasteiger partial charge in [0, 0.05) is 43.6 Å². The highest BCUT2D eigenvalue weighted by Gasteiger charge is 2.38. The van der Waals surface area contributed by atoms with Crippen LogP contribution in [-0.2, 0) is 6.54 Å². The highest BCUT2D eigenvalue weighted by molar-refractivity contribution is 5.78. The molecule has 1 N–H and O–H groups in total. The van der Waals surface area contributed by atoms with Gasteiger partial charge in [0.15, 0.2) is 0 Å². The second-order valence-electron chi connectivity index (χ2n) is 6.77. The molecule has 2 aliphatic heterocycles. The van der Waals surface area contributed by atoms with Gasteiger partial charge in [0.25, 0.3) is 0 Å². The Kier molecular flexibility index (Phi) is 3.60. The molecule has 2 saturated heterocycles. The van der Waals surface area contributed by atoms with Gasteiger partial charge in [-0.25, -0.2) is 0 Å². The molecule has 0 radical (unpaired) electrons. The summed E-state index contributed by atoms with van der Waals surface area (Å²) >= 11 is 0. The molecule has 0 bridgehead atoms. The normalized spacial score (nSPS) is 29.8. The largest absolute Gasteiger partial charge is 0.392 e. The van der Waals surface area contributed by atoms with Crippen LogP contribution >= 0.6 is 0 Å². The zero-order valence-corrected chi connectivity index (χ0v) is 13.0. The number of benzene rings is 1. The Morgan fingerprint density at radius 3 is 2.91 bits per heavy atom.